The lowest BCUT2D eigenvalue weighted by molar-refractivity contribution is 0.629. The number of benzene rings is 2. The van der Waals surface area contributed by atoms with Crippen molar-refractivity contribution >= 4 is 45.6 Å². The number of hydrogen-bond donors (Lipinski definition) is 1. The Labute approximate surface area is 124 Å². The van der Waals surface area contributed by atoms with Gasteiger partial charge in [0.15, 0.2) is 0 Å². The highest BCUT2D eigenvalue weighted by molar-refractivity contribution is 6.43. The number of halogens is 3. The Hall–Kier alpha value is -1.91. The van der Waals surface area contributed by atoms with Gasteiger partial charge in [-0.1, -0.05) is 29.3 Å². The Bertz CT molecular complexity index is 792. The van der Waals surface area contributed by atoms with Crippen LogP contribution in [0.2, 0.25) is 10.0 Å². The third kappa shape index (κ3) is 2.40. The Morgan fingerprint density at radius 1 is 1.05 bits per heavy atom. The number of fused-ring (bicyclic) bond motifs is 1. The van der Waals surface area contributed by atoms with Gasteiger partial charge in [0.25, 0.3) is 0 Å². The van der Waals surface area contributed by atoms with Crippen LogP contribution in [0, 0.1) is 5.82 Å². The summed E-state index contributed by atoms with van der Waals surface area (Å²) in [6, 6.07) is 9.54. The van der Waals surface area contributed by atoms with Crippen molar-refractivity contribution in [2.75, 3.05) is 5.32 Å². The minimum atomic E-state index is -0.354. The first-order chi connectivity index (χ1) is 9.65. The van der Waals surface area contributed by atoms with Crippen molar-refractivity contribution in [1.29, 1.82) is 0 Å². The van der Waals surface area contributed by atoms with E-state index in [-0.39, 0.29) is 5.82 Å². The number of aromatic nitrogens is 2. The molecule has 1 heterocycles. The summed E-state index contributed by atoms with van der Waals surface area (Å²) in [6.07, 6.45) is 1.40. The molecule has 0 aliphatic carbocycles. The van der Waals surface area contributed by atoms with E-state index >= 15 is 0 Å². The fourth-order valence-corrected chi connectivity index (χ4v) is 2.20. The van der Waals surface area contributed by atoms with Crippen LogP contribution < -0.4 is 5.32 Å². The molecular formula is C14H8Cl2FN3. The van der Waals surface area contributed by atoms with Crippen LogP contribution in [-0.2, 0) is 0 Å². The minimum Gasteiger partial charge on any atom is -0.338 e. The summed E-state index contributed by atoms with van der Waals surface area (Å²) < 4.78 is 13.4. The predicted octanol–water partition coefficient (Wildman–Crippen LogP) is 4.82. The molecule has 0 aliphatic heterocycles. The number of nitrogens with zero attached hydrogens (tertiary/aromatic N) is 2. The summed E-state index contributed by atoms with van der Waals surface area (Å²) in [7, 11) is 0. The summed E-state index contributed by atoms with van der Waals surface area (Å²) in [6.45, 7) is 0. The van der Waals surface area contributed by atoms with E-state index in [1.807, 2.05) is 0 Å². The quantitative estimate of drug-likeness (QED) is 0.737. The molecule has 0 unspecified atom stereocenters. The fraction of sp³-hybridized carbons (Fsp3) is 0. The Kier molecular flexibility index (Phi) is 3.42. The van der Waals surface area contributed by atoms with E-state index in [0.29, 0.717) is 32.5 Å². The molecule has 0 bridgehead atoms. The smallest absolute Gasteiger partial charge is 0.141 e. The number of nitrogens with one attached hydrogen (secondary N) is 1. The monoisotopic (exact) mass is 307 g/mol. The van der Waals surface area contributed by atoms with Gasteiger partial charge >= 0.3 is 0 Å². The van der Waals surface area contributed by atoms with Crippen LogP contribution in [0.15, 0.2) is 42.7 Å². The maximum atomic E-state index is 13.4. The summed E-state index contributed by atoms with van der Waals surface area (Å²) in [5.74, 6) is 0.117. The van der Waals surface area contributed by atoms with Gasteiger partial charge in [0.05, 0.1) is 21.2 Å². The van der Waals surface area contributed by atoms with E-state index in [1.165, 1.54) is 18.5 Å². The maximum Gasteiger partial charge on any atom is 0.141 e. The molecule has 6 heteroatoms. The standard InChI is InChI=1S/C14H8Cl2FN3/c15-10-2-1-3-12(13(10)16)20-14-9-6-8(17)4-5-11(9)18-7-19-14/h1-7H,(H,18,19,20). The maximum absolute atomic E-state index is 13.4. The molecule has 0 spiro atoms. The Morgan fingerprint density at radius 3 is 2.75 bits per heavy atom. The molecule has 1 aromatic heterocycles. The SMILES string of the molecule is Fc1ccc2ncnc(Nc3cccc(Cl)c3Cl)c2c1. The molecule has 0 aliphatic rings. The van der Waals surface area contributed by atoms with Crippen LogP contribution in [-0.4, -0.2) is 9.97 Å². The third-order valence-corrected chi connectivity index (χ3v) is 3.62. The average Bonchev–Trinajstić information content (AvgIpc) is 2.44. The number of anilines is 2. The van der Waals surface area contributed by atoms with E-state index in [9.17, 15) is 4.39 Å². The molecule has 0 amide bonds. The zero-order valence-corrected chi connectivity index (χ0v) is 11.6. The van der Waals surface area contributed by atoms with E-state index < -0.39 is 0 Å². The normalized spacial score (nSPS) is 10.8. The number of hydrogen-bond acceptors (Lipinski definition) is 3. The first-order valence-electron chi connectivity index (χ1n) is 5.76. The van der Waals surface area contributed by atoms with Crippen molar-refractivity contribution in [2.45, 2.75) is 0 Å². The van der Waals surface area contributed by atoms with Crippen LogP contribution in [0.1, 0.15) is 0 Å². The molecule has 1 N–H and O–H groups in total. The molecule has 0 atom stereocenters. The largest absolute Gasteiger partial charge is 0.338 e. The molecule has 0 radical (unpaired) electrons. The zero-order chi connectivity index (χ0) is 14.1. The van der Waals surface area contributed by atoms with Crippen LogP contribution in [0.4, 0.5) is 15.9 Å². The first kappa shape index (κ1) is 13.1. The van der Waals surface area contributed by atoms with Crippen molar-refractivity contribution in [3.05, 3.63) is 58.6 Å². The van der Waals surface area contributed by atoms with Crippen LogP contribution in [0.5, 0.6) is 0 Å². The molecule has 2 aromatic carbocycles. The van der Waals surface area contributed by atoms with Gasteiger partial charge in [-0.05, 0) is 30.3 Å². The fourth-order valence-electron chi connectivity index (χ4n) is 1.86. The Morgan fingerprint density at radius 2 is 1.90 bits per heavy atom. The highest BCUT2D eigenvalue weighted by Gasteiger charge is 2.09. The molecular weight excluding hydrogens is 300 g/mol. The van der Waals surface area contributed by atoms with E-state index in [0.717, 1.165) is 0 Å². The molecule has 100 valence electrons. The highest BCUT2D eigenvalue weighted by Crippen LogP contribution is 2.32. The lowest BCUT2D eigenvalue weighted by Crippen LogP contribution is -1.97. The lowest BCUT2D eigenvalue weighted by atomic mass is 10.2. The minimum absolute atomic E-state index is 0.354. The first-order valence-corrected chi connectivity index (χ1v) is 6.52. The summed E-state index contributed by atoms with van der Waals surface area (Å²) in [5.41, 5.74) is 1.24. The van der Waals surface area contributed by atoms with Crippen molar-refractivity contribution in [3.8, 4) is 0 Å². The van der Waals surface area contributed by atoms with Crippen LogP contribution in [0.3, 0.4) is 0 Å². The van der Waals surface area contributed by atoms with Gasteiger partial charge in [-0.3, -0.25) is 0 Å². The average molecular weight is 308 g/mol. The van der Waals surface area contributed by atoms with Crippen LogP contribution >= 0.6 is 23.2 Å². The van der Waals surface area contributed by atoms with Crippen molar-refractivity contribution in [1.82, 2.24) is 9.97 Å². The molecule has 0 saturated carbocycles. The number of rotatable bonds is 2. The van der Waals surface area contributed by atoms with E-state index in [2.05, 4.69) is 15.3 Å². The summed E-state index contributed by atoms with van der Waals surface area (Å²) >= 11 is 12.1. The molecule has 20 heavy (non-hydrogen) atoms. The molecule has 0 saturated heterocycles. The van der Waals surface area contributed by atoms with Crippen LogP contribution in [0.25, 0.3) is 10.9 Å². The van der Waals surface area contributed by atoms with Gasteiger partial charge in [-0.25, -0.2) is 14.4 Å². The second kappa shape index (κ2) is 5.23. The second-order valence-electron chi connectivity index (χ2n) is 4.11. The molecule has 3 aromatic rings. The third-order valence-electron chi connectivity index (χ3n) is 2.80. The predicted molar refractivity (Wildman–Crippen MR) is 79.2 cm³/mol. The second-order valence-corrected chi connectivity index (χ2v) is 4.90. The van der Waals surface area contributed by atoms with Crippen molar-refractivity contribution in [2.24, 2.45) is 0 Å². The van der Waals surface area contributed by atoms with Gasteiger partial charge in [0, 0.05) is 5.39 Å². The van der Waals surface area contributed by atoms with Crippen molar-refractivity contribution < 1.29 is 4.39 Å². The molecule has 3 rings (SSSR count). The van der Waals surface area contributed by atoms with Gasteiger partial charge in [0.1, 0.15) is 18.0 Å². The van der Waals surface area contributed by atoms with Gasteiger partial charge in [0.2, 0.25) is 0 Å². The van der Waals surface area contributed by atoms with E-state index in [4.69, 9.17) is 23.2 Å². The lowest BCUT2D eigenvalue weighted by Gasteiger charge is -2.10. The highest BCUT2D eigenvalue weighted by atomic mass is 35.5. The van der Waals surface area contributed by atoms with Gasteiger partial charge < -0.3 is 5.32 Å². The van der Waals surface area contributed by atoms with Gasteiger partial charge in [-0.15, -0.1) is 0 Å². The van der Waals surface area contributed by atoms with E-state index in [1.54, 1.807) is 24.3 Å². The zero-order valence-electron chi connectivity index (χ0n) is 10.1. The Balaban J connectivity index is 2.11. The summed E-state index contributed by atoms with van der Waals surface area (Å²) in [5, 5.41) is 4.44. The van der Waals surface area contributed by atoms with Gasteiger partial charge in [-0.2, -0.15) is 0 Å². The topological polar surface area (TPSA) is 37.8 Å². The van der Waals surface area contributed by atoms with Crippen molar-refractivity contribution in [3.63, 3.8) is 0 Å². The molecule has 0 fully saturated rings. The summed E-state index contributed by atoms with van der Waals surface area (Å²) in [4.78, 5) is 8.21. The molecule has 3 nitrogen and oxygen atoms in total.